The maximum atomic E-state index is 5.49. The molecule has 1 aromatic rings. The molecule has 0 aromatic carbocycles. The maximum Gasteiger partial charge on any atom is 0.222 e. The van der Waals surface area contributed by atoms with Crippen LogP contribution >= 0.6 is 0 Å². The van der Waals surface area contributed by atoms with Gasteiger partial charge in [0.25, 0.3) is 0 Å². The molecule has 4 heteroatoms. The number of aromatic nitrogens is 2. The van der Waals surface area contributed by atoms with E-state index in [0.717, 1.165) is 0 Å². The largest absolute Gasteiger partial charge is 0.396 e. The summed E-state index contributed by atoms with van der Waals surface area (Å²) in [5.41, 5.74) is 6.26. The third-order valence-corrected chi connectivity index (χ3v) is 2.32. The Labute approximate surface area is 85.0 Å². The normalized spacial score (nSPS) is 13.7. The van der Waals surface area contributed by atoms with Crippen LogP contribution in [0.1, 0.15) is 27.7 Å². The number of nitrogens with two attached hydrogens (primary N) is 1. The van der Waals surface area contributed by atoms with Crippen molar-refractivity contribution in [1.82, 2.24) is 9.97 Å². The van der Waals surface area contributed by atoms with Crippen LogP contribution in [0.2, 0.25) is 0 Å². The molecule has 0 saturated heterocycles. The number of hydrogen-bond acceptors (Lipinski definition) is 4. The van der Waals surface area contributed by atoms with Crippen molar-refractivity contribution in [2.75, 3.05) is 11.1 Å². The van der Waals surface area contributed by atoms with Crippen molar-refractivity contribution in [2.45, 2.75) is 33.7 Å². The standard InChI is InChI=1S/C10H18N4/c1-7(10(2,3)4)14-9-12-5-8(11)6-13-9/h5-7H,11H2,1-4H3,(H,12,13,14). The Morgan fingerprint density at radius 2 is 1.79 bits per heavy atom. The predicted molar refractivity (Wildman–Crippen MR) is 59.0 cm³/mol. The van der Waals surface area contributed by atoms with Crippen LogP contribution in [0.15, 0.2) is 12.4 Å². The molecule has 0 bridgehead atoms. The van der Waals surface area contributed by atoms with E-state index in [4.69, 9.17) is 5.73 Å². The highest BCUT2D eigenvalue weighted by molar-refractivity contribution is 5.36. The molecule has 1 rings (SSSR count). The summed E-state index contributed by atoms with van der Waals surface area (Å²) in [6, 6.07) is 0.311. The predicted octanol–water partition coefficient (Wildman–Crippen LogP) is 1.91. The molecular formula is C10H18N4. The van der Waals surface area contributed by atoms with Gasteiger partial charge in [0, 0.05) is 6.04 Å². The van der Waals surface area contributed by atoms with E-state index in [-0.39, 0.29) is 5.41 Å². The zero-order valence-corrected chi connectivity index (χ0v) is 9.20. The van der Waals surface area contributed by atoms with Gasteiger partial charge in [-0.15, -0.1) is 0 Å². The third-order valence-electron chi connectivity index (χ3n) is 2.32. The molecule has 0 spiro atoms. The Hall–Kier alpha value is -1.32. The van der Waals surface area contributed by atoms with Gasteiger partial charge in [-0.25, -0.2) is 9.97 Å². The molecule has 0 amide bonds. The molecular weight excluding hydrogens is 176 g/mol. The first-order valence-electron chi connectivity index (χ1n) is 4.73. The highest BCUT2D eigenvalue weighted by atomic mass is 15.1. The fourth-order valence-corrected chi connectivity index (χ4v) is 0.823. The number of nitrogens with zero attached hydrogens (tertiary/aromatic N) is 2. The lowest BCUT2D eigenvalue weighted by molar-refractivity contribution is 0.358. The van der Waals surface area contributed by atoms with Crippen molar-refractivity contribution >= 4 is 11.6 Å². The summed E-state index contributed by atoms with van der Waals surface area (Å²) in [4.78, 5) is 8.17. The number of nitrogens with one attached hydrogen (secondary N) is 1. The monoisotopic (exact) mass is 194 g/mol. The molecule has 4 nitrogen and oxygen atoms in total. The fourth-order valence-electron chi connectivity index (χ4n) is 0.823. The second kappa shape index (κ2) is 3.82. The summed E-state index contributed by atoms with van der Waals surface area (Å²) < 4.78 is 0. The van der Waals surface area contributed by atoms with E-state index in [0.29, 0.717) is 17.7 Å². The summed E-state index contributed by atoms with van der Waals surface area (Å²) in [5, 5.41) is 3.23. The summed E-state index contributed by atoms with van der Waals surface area (Å²) >= 11 is 0. The summed E-state index contributed by atoms with van der Waals surface area (Å²) in [6.07, 6.45) is 3.20. The Balaban J connectivity index is 2.65. The minimum atomic E-state index is 0.185. The molecule has 3 N–H and O–H groups in total. The molecule has 1 unspecified atom stereocenters. The van der Waals surface area contributed by atoms with Crippen LogP contribution < -0.4 is 11.1 Å². The average molecular weight is 194 g/mol. The van der Waals surface area contributed by atoms with E-state index in [9.17, 15) is 0 Å². The van der Waals surface area contributed by atoms with Crippen molar-refractivity contribution in [3.63, 3.8) is 0 Å². The molecule has 1 atom stereocenters. The highest BCUT2D eigenvalue weighted by Gasteiger charge is 2.20. The molecule has 1 heterocycles. The number of anilines is 2. The van der Waals surface area contributed by atoms with Crippen molar-refractivity contribution < 1.29 is 0 Å². The van der Waals surface area contributed by atoms with Crippen LogP contribution in [-0.4, -0.2) is 16.0 Å². The van der Waals surface area contributed by atoms with E-state index in [1.807, 2.05) is 0 Å². The summed E-state index contributed by atoms with van der Waals surface area (Å²) in [7, 11) is 0. The van der Waals surface area contributed by atoms with Gasteiger partial charge in [-0.1, -0.05) is 20.8 Å². The summed E-state index contributed by atoms with van der Waals surface area (Å²) in [5.74, 6) is 0.627. The van der Waals surface area contributed by atoms with E-state index in [1.165, 1.54) is 0 Å². The van der Waals surface area contributed by atoms with Crippen LogP contribution in [0, 0.1) is 5.41 Å². The lowest BCUT2D eigenvalue weighted by Gasteiger charge is -2.27. The molecule has 0 radical (unpaired) electrons. The van der Waals surface area contributed by atoms with Crippen LogP contribution in [0.25, 0.3) is 0 Å². The van der Waals surface area contributed by atoms with Crippen LogP contribution in [-0.2, 0) is 0 Å². The topological polar surface area (TPSA) is 63.8 Å². The van der Waals surface area contributed by atoms with Gasteiger partial charge in [-0.3, -0.25) is 0 Å². The molecule has 0 fully saturated rings. The van der Waals surface area contributed by atoms with Gasteiger partial charge in [0.2, 0.25) is 5.95 Å². The molecule has 0 saturated carbocycles. The molecule has 0 aliphatic carbocycles. The van der Waals surface area contributed by atoms with Gasteiger partial charge in [0.05, 0.1) is 18.1 Å². The Kier molecular flexibility index (Phi) is 2.93. The lowest BCUT2D eigenvalue weighted by atomic mass is 9.88. The van der Waals surface area contributed by atoms with Crippen molar-refractivity contribution in [3.05, 3.63) is 12.4 Å². The smallest absolute Gasteiger partial charge is 0.222 e. The zero-order chi connectivity index (χ0) is 10.8. The number of hydrogen-bond donors (Lipinski definition) is 2. The zero-order valence-electron chi connectivity index (χ0n) is 9.20. The number of rotatable bonds is 2. The minimum Gasteiger partial charge on any atom is -0.396 e. The number of nitrogen functional groups attached to an aromatic ring is 1. The Morgan fingerprint density at radius 1 is 1.29 bits per heavy atom. The van der Waals surface area contributed by atoms with Gasteiger partial charge in [-0.05, 0) is 12.3 Å². The van der Waals surface area contributed by atoms with Crippen LogP contribution in [0.3, 0.4) is 0 Å². The third kappa shape index (κ3) is 2.87. The second-order valence-corrected chi connectivity index (χ2v) is 4.57. The average Bonchev–Trinajstić information content (AvgIpc) is 2.07. The lowest BCUT2D eigenvalue weighted by Crippen LogP contribution is -2.31. The first kappa shape index (κ1) is 10.8. The quantitative estimate of drug-likeness (QED) is 0.754. The first-order chi connectivity index (χ1) is 6.39. The molecule has 14 heavy (non-hydrogen) atoms. The fraction of sp³-hybridized carbons (Fsp3) is 0.600. The second-order valence-electron chi connectivity index (χ2n) is 4.57. The minimum absolute atomic E-state index is 0.185. The maximum absolute atomic E-state index is 5.49. The highest BCUT2D eigenvalue weighted by Crippen LogP contribution is 2.21. The van der Waals surface area contributed by atoms with E-state index in [2.05, 4.69) is 43.0 Å². The van der Waals surface area contributed by atoms with Gasteiger partial charge < -0.3 is 11.1 Å². The first-order valence-corrected chi connectivity index (χ1v) is 4.73. The molecule has 1 aromatic heterocycles. The van der Waals surface area contributed by atoms with Gasteiger partial charge in [0.1, 0.15) is 0 Å². The van der Waals surface area contributed by atoms with E-state index >= 15 is 0 Å². The summed E-state index contributed by atoms with van der Waals surface area (Å²) in [6.45, 7) is 8.62. The van der Waals surface area contributed by atoms with E-state index in [1.54, 1.807) is 12.4 Å². The Morgan fingerprint density at radius 3 is 2.21 bits per heavy atom. The SMILES string of the molecule is CC(Nc1ncc(N)cn1)C(C)(C)C. The molecule has 0 aliphatic rings. The van der Waals surface area contributed by atoms with Crippen molar-refractivity contribution in [3.8, 4) is 0 Å². The van der Waals surface area contributed by atoms with Crippen molar-refractivity contribution in [2.24, 2.45) is 5.41 Å². The van der Waals surface area contributed by atoms with Gasteiger partial charge >= 0.3 is 0 Å². The van der Waals surface area contributed by atoms with Crippen LogP contribution in [0.5, 0.6) is 0 Å². The van der Waals surface area contributed by atoms with Gasteiger partial charge in [0.15, 0.2) is 0 Å². The van der Waals surface area contributed by atoms with E-state index < -0.39 is 0 Å². The van der Waals surface area contributed by atoms with Crippen molar-refractivity contribution in [1.29, 1.82) is 0 Å². The Bertz CT molecular complexity index is 286. The molecule has 0 aliphatic heterocycles. The van der Waals surface area contributed by atoms with Crippen LogP contribution in [0.4, 0.5) is 11.6 Å². The molecule has 78 valence electrons. The van der Waals surface area contributed by atoms with Gasteiger partial charge in [-0.2, -0.15) is 0 Å².